The van der Waals surface area contributed by atoms with Crippen molar-refractivity contribution in [3.05, 3.63) is 22.6 Å². The van der Waals surface area contributed by atoms with Crippen molar-refractivity contribution in [3.8, 4) is 0 Å². The topological polar surface area (TPSA) is 51.1 Å². The molecule has 0 N–H and O–H groups in total. The van der Waals surface area contributed by atoms with E-state index in [9.17, 15) is 4.79 Å². The summed E-state index contributed by atoms with van der Waals surface area (Å²) >= 11 is 1.66. The molecule has 1 fully saturated rings. The van der Waals surface area contributed by atoms with Crippen molar-refractivity contribution in [1.82, 2.24) is 0 Å². The van der Waals surface area contributed by atoms with E-state index >= 15 is 0 Å². The van der Waals surface area contributed by atoms with Crippen molar-refractivity contribution in [2.24, 2.45) is 5.16 Å². The molecule has 1 saturated heterocycles. The average molecular weight is 278 g/mol. The second-order valence-corrected chi connectivity index (χ2v) is 5.48. The van der Waals surface area contributed by atoms with Gasteiger partial charge >= 0.3 is 5.97 Å². The highest BCUT2D eigenvalue weighted by Crippen LogP contribution is 2.29. The fourth-order valence-corrected chi connectivity index (χ4v) is 3.04. The fourth-order valence-electron chi connectivity index (χ4n) is 2.04. The van der Waals surface area contributed by atoms with Gasteiger partial charge in [-0.3, -0.25) is 0 Å². The van der Waals surface area contributed by atoms with Crippen LogP contribution in [-0.4, -0.2) is 38.0 Å². The molecule has 3 rings (SSSR count). The molecule has 0 aromatic carbocycles. The molecule has 1 aromatic rings. The van der Waals surface area contributed by atoms with Gasteiger partial charge < -0.3 is 14.5 Å². The van der Waals surface area contributed by atoms with E-state index < -0.39 is 0 Å². The van der Waals surface area contributed by atoms with Crippen molar-refractivity contribution in [2.45, 2.75) is 6.92 Å². The van der Waals surface area contributed by atoms with Gasteiger partial charge in [-0.05, 0) is 25.1 Å². The van der Waals surface area contributed by atoms with Crippen LogP contribution in [0.2, 0.25) is 0 Å². The Hall–Kier alpha value is -1.66. The first-order valence-corrected chi connectivity index (χ1v) is 6.96. The molecule has 0 aliphatic carbocycles. The van der Waals surface area contributed by atoms with Gasteiger partial charge in [-0.15, -0.1) is 11.3 Å². The zero-order chi connectivity index (χ0) is 13.2. The molecule has 19 heavy (non-hydrogen) atoms. The Morgan fingerprint density at radius 1 is 1.37 bits per heavy atom. The number of nitrogens with zero attached hydrogens (tertiary/aromatic N) is 2. The molecule has 0 amide bonds. The number of ether oxygens (including phenoxy) is 1. The van der Waals surface area contributed by atoms with Crippen LogP contribution in [-0.2, 0) is 14.4 Å². The van der Waals surface area contributed by atoms with Gasteiger partial charge in [0.25, 0.3) is 0 Å². The third-order valence-electron chi connectivity index (χ3n) is 3.10. The van der Waals surface area contributed by atoms with Crippen LogP contribution >= 0.6 is 11.3 Å². The number of rotatable bonds is 2. The summed E-state index contributed by atoms with van der Waals surface area (Å²) < 4.78 is 5.34. The first kappa shape index (κ1) is 12.4. The molecular formula is C13H14N2O3S. The molecular weight excluding hydrogens is 264 g/mol. The fraction of sp³-hybridized carbons (Fsp3) is 0.385. The highest BCUT2D eigenvalue weighted by atomic mass is 32.1. The number of hydrogen-bond acceptors (Lipinski definition) is 6. The van der Waals surface area contributed by atoms with Gasteiger partial charge in [0.05, 0.1) is 29.5 Å². The smallest absolute Gasteiger partial charge is 0.367 e. The lowest BCUT2D eigenvalue weighted by atomic mass is 10.1. The average Bonchev–Trinajstić information content (AvgIpc) is 3.02. The zero-order valence-electron chi connectivity index (χ0n) is 10.6. The number of thiophene rings is 1. The Morgan fingerprint density at radius 2 is 2.16 bits per heavy atom. The van der Waals surface area contributed by atoms with Crippen molar-refractivity contribution in [2.75, 3.05) is 31.2 Å². The summed E-state index contributed by atoms with van der Waals surface area (Å²) in [4.78, 5) is 19.4. The van der Waals surface area contributed by atoms with Crippen molar-refractivity contribution >= 4 is 34.1 Å². The first-order valence-electron chi connectivity index (χ1n) is 6.14. The first-order chi connectivity index (χ1) is 9.24. The highest BCUT2D eigenvalue weighted by Gasteiger charge is 2.22. The Bertz CT molecular complexity index is 556. The Labute approximate surface area is 115 Å². The van der Waals surface area contributed by atoms with Crippen molar-refractivity contribution < 1.29 is 14.4 Å². The van der Waals surface area contributed by atoms with E-state index in [1.807, 2.05) is 12.1 Å². The molecule has 3 heterocycles. The third kappa shape index (κ3) is 2.54. The van der Waals surface area contributed by atoms with E-state index in [2.05, 4.69) is 21.0 Å². The van der Waals surface area contributed by atoms with Crippen LogP contribution in [0.5, 0.6) is 0 Å². The number of morpholine rings is 1. The Kier molecular flexibility index (Phi) is 3.35. The molecule has 0 saturated carbocycles. The molecule has 1 aromatic heterocycles. The maximum absolute atomic E-state index is 11.5. The highest BCUT2D eigenvalue weighted by molar-refractivity contribution is 7.17. The Balaban J connectivity index is 1.79. The van der Waals surface area contributed by atoms with E-state index in [0.717, 1.165) is 31.2 Å². The standard InChI is InChI=1S/C13H14N2O3S/c1-9-11(13(16)18-14-9)8-10-2-3-12(19-10)15-4-6-17-7-5-15/h2-3,8H,4-7H2,1H3. The van der Waals surface area contributed by atoms with Gasteiger partial charge in [0.15, 0.2) is 0 Å². The lowest BCUT2D eigenvalue weighted by molar-refractivity contribution is -0.136. The van der Waals surface area contributed by atoms with E-state index in [0.29, 0.717) is 11.3 Å². The normalized spacial score (nSPS) is 21.7. The van der Waals surface area contributed by atoms with E-state index in [4.69, 9.17) is 4.74 Å². The molecule has 0 bridgehead atoms. The zero-order valence-corrected chi connectivity index (χ0v) is 11.4. The largest absolute Gasteiger partial charge is 0.378 e. The monoisotopic (exact) mass is 278 g/mol. The molecule has 0 atom stereocenters. The van der Waals surface area contributed by atoms with Crippen LogP contribution in [0.25, 0.3) is 6.08 Å². The van der Waals surface area contributed by atoms with Gasteiger partial charge in [-0.25, -0.2) is 4.79 Å². The molecule has 100 valence electrons. The minimum absolute atomic E-state index is 0.376. The van der Waals surface area contributed by atoms with Gasteiger partial charge in [0.2, 0.25) is 0 Å². The maximum atomic E-state index is 11.5. The van der Waals surface area contributed by atoms with Crippen LogP contribution in [0.15, 0.2) is 22.9 Å². The predicted octanol–water partition coefficient (Wildman–Crippen LogP) is 1.90. The lowest BCUT2D eigenvalue weighted by Gasteiger charge is -2.27. The van der Waals surface area contributed by atoms with Crippen LogP contribution in [0.4, 0.5) is 5.00 Å². The summed E-state index contributed by atoms with van der Waals surface area (Å²) in [5, 5.41) is 4.87. The summed E-state index contributed by atoms with van der Waals surface area (Å²) in [5.74, 6) is -0.376. The van der Waals surface area contributed by atoms with E-state index in [-0.39, 0.29) is 5.97 Å². The molecule has 6 heteroatoms. The summed E-state index contributed by atoms with van der Waals surface area (Å²) in [6, 6.07) is 4.09. The second kappa shape index (κ2) is 5.14. The molecule has 5 nitrogen and oxygen atoms in total. The molecule has 0 spiro atoms. The maximum Gasteiger partial charge on any atom is 0.367 e. The quantitative estimate of drug-likeness (QED) is 0.612. The molecule has 2 aliphatic rings. The predicted molar refractivity (Wildman–Crippen MR) is 74.5 cm³/mol. The number of oxime groups is 1. The van der Waals surface area contributed by atoms with Crippen LogP contribution < -0.4 is 4.90 Å². The number of anilines is 1. The van der Waals surface area contributed by atoms with Crippen LogP contribution in [0.1, 0.15) is 11.8 Å². The number of hydrogen-bond donors (Lipinski definition) is 0. The van der Waals surface area contributed by atoms with Gasteiger partial charge in [0, 0.05) is 18.0 Å². The third-order valence-corrected chi connectivity index (χ3v) is 4.19. The summed E-state index contributed by atoms with van der Waals surface area (Å²) in [5.41, 5.74) is 1.17. The van der Waals surface area contributed by atoms with E-state index in [1.165, 1.54) is 5.00 Å². The summed E-state index contributed by atoms with van der Waals surface area (Å²) in [6.45, 7) is 5.14. The van der Waals surface area contributed by atoms with Gasteiger partial charge in [0.1, 0.15) is 0 Å². The van der Waals surface area contributed by atoms with Crippen LogP contribution in [0, 0.1) is 0 Å². The summed E-state index contributed by atoms with van der Waals surface area (Å²) in [6.07, 6.45) is 1.84. The minimum Gasteiger partial charge on any atom is -0.378 e. The second-order valence-electron chi connectivity index (χ2n) is 4.39. The van der Waals surface area contributed by atoms with Gasteiger partial charge in [-0.1, -0.05) is 5.16 Å². The van der Waals surface area contributed by atoms with Crippen molar-refractivity contribution in [3.63, 3.8) is 0 Å². The van der Waals surface area contributed by atoms with Crippen LogP contribution in [0.3, 0.4) is 0 Å². The molecule has 0 radical (unpaired) electrons. The number of carbonyl (C=O) groups is 1. The molecule has 2 aliphatic heterocycles. The van der Waals surface area contributed by atoms with Gasteiger partial charge in [-0.2, -0.15) is 0 Å². The molecule has 0 unspecified atom stereocenters. The SMILES string of the molecule is CC1=NOC(=O)C1=Cc1ccc(N2CCOCC2)s1. The van der Waals surface area contributed by atoms with E-state index in [1.54, 1.807) is 18.3 Å². The summed E-state index contributed by atoms with van der Waals surface area (Å²) in [7, 11) is 0. The minimum atomic E-state index is -0.376. The number of carbonyl (C=O) groups excluding carboxylic acids is 1. The Morgan fingerprint density at radius 3 is 2.84 bits per heavy atom. The lowest BCUT2D eigenvalue weighted by Crippen LogP contribution is -2.35. The van der Waals surface area contributed by atoms with Crippen molar-refractivity contribution in [1.29, 1.82) is 0 Å².